The lowest BCUT2D eigenvalue weighted by molar-refractivity contribution is -0.153. The second-order valence-electron chi connectivity index (χ2n) is 6.08. The normalized spacial score (nSPS) is 12.0. The summed E-state index contributed by atoms with van der Waals surface area (Å²) in [6, 6.07) is 8.99. The average molecular weight is 399 g/mol. The van der Waals surface area contributed by atoms with Crippen LogP contribution in [0.25, 0.3) is 0 Å². The van der Waals surface area contributed by atoms with Crippen molar-refractivity contribution in [1.82, 2.24) is 10.6 Å². The molecular weight excluding hydrogens is 378 g/mol. The topological polar surface area (TPSA) is 65.9 Å². The van der Waals surface area contributed by atoms with E-state index < -0.39 is 24.3 Å². The summed E-state index contributed by atoms with van der Waals surface area (Å²) in [6.45, 7) is 0.803. The van der Waals surface area contributed by atoms with E-state index in [4.69, 9.17) is 4.74 Å². The number of phenols is 1. The first-order valence-electron chi connectivity index (χ1n) is 8.39. The molecule has 28 heavy (non-hydrogen) atoms. The first-order chi connectivity index (χ1) is 13.2. The molecule has 0 amide bonds. The van der Waals surface area contributed by atoms with Crippen molar-refractivity contribution >= 4 is 5.96 Å². The molecule has 0 aliphatic rings. The van der Waals surface area contributed by atoms with Gasteiger partial charge in [-0.25, -0.2) is 4.39 Å². The van der Waals surface area contributed by atoms with Gasteiger partial charge in [-0.3, -0.25) is 4.99 Å². The van der Waals surface area contributed by atoms with Gasteiger partial charge in [0.2, 0.25) is 0 Å². The van der Waals surface area contributed by atoms with E-state index in [2.05, 4.69) is 15.6 Å². The van der Waals surface area contributed by atoms with Crippen LogP contribution in [0.2, 0.25) is 0 Å². The summed E-state index contributed by atoms with van der Waals surface area (Å²) in [7, 11) is 1.53. The van der Waals surface area contributed by atoms with Crippen LogP contribution in [-0.4, -0.2) is 30.9 Å². The minimum Gasteiger partial charge on any atom is -0.505 e. The van der Waals surface area contributed by atoms with Gasteiger partial charge >= 0.3 is 6.18 Å². The van der Waals surface area contributed by atoms with Gasteiger partial charge in [0.15, 0.2) is 24.1 Å². The minimum atomic E-state index is -4.43. The van der Waals surface area contributed by atoms with Crippen LogP contribution in [0.1, 0.15) is 16.7 Å². The lowest BCUT2D eigenvalue weighted by Gasteiger charge is -2.16. The molecule has 2 aromatic rings. The molecule has 0 bridgehead atoms. The van der Waals surface area contributed by atoms with Crippen LogP contribution < -0.4 is 15.4 Å². The molecule has 5 nitrogen and oxygen atoms in total. The number of alkyl halides is 3. The number of nitrogens with one attached hydrogen (secondary N) is 2. The Labute approximate surface area is 160 Å². The number of nitrogens with zero attached hydrogens (tertiary/aromatic N) is 1. The van der Waals surface area contributed by atoms with Crippen molar-refractivity contribution in [3.8, 4) is 11.5 Å². The van der Waals surface area contributed by atoms with Gasteiger partial charge in [0.05, 0.1) is 0 Å². The summed E-state index contributed by atoms with van der Waals surface area (Å²) in [5.41, 5.74) is 1.90. The van der Waals surface area contributed by atoms with Crippen molar-refractivity contribution in [2.45, 2.75) is 26.2 Å². The molecule has 0 radical (unpaired) electrons. The Morgan fingerprint density at radius 2 is 1.82 bits per heavy atom. The molecule has 0 fully saturated rings. The first-order valence-corrected chi connectivity index (χ1v) is 8.39. The second kappa shape index (κ2) is 9.29. The standard InChI is InChI=1S/C19H21F4N3O2/c1-12-3-5-14(17(7-12)28-11-19(21,22)23)10-26-18(24-2)25-9-13-4-6-16(27)15(20)8-13/h3-8,27H,9-11H2,1-2H3,(H2,24,25,26). The van der Waals surface area contributed by atoms with Gasteiger partial charge in [-0.1, -0.05) is 18.2 Å². The van der Waals surface area contributed by atoms with Crippen LogP contribution >= 0.6 is 0 Å². The van der Waals surface area contributed by atoms with Gasteiger partial charge in [0, 0.05) is 25.7 Å². The molecule has 0 saturated heterocycles. The van der Waals surface area contributed by atoms with Gasteiger partial charge in [-0.15, -0.1) is 0 Å². The van der Waals surface area contributed by atoms with Gasteiger partial charge in [-0.2, -0.15) is 13.2 Å². The highest BCUT2D eigenvalue weighted by molar-refractivity contribution is 5.79. The molecule has 2 aromatic carbocycles. The maximum Gasteiger partial charge on any atom is 0.422 e. The van der Waals surface area contributed by atoms with Crippen LogP contribution in [0.4, 0.5) is 17.6 Å². The maximum atomic E-state index is 13.4. The fraction of sp³-hybridized carbons (Fsp3) is 0.316. The molecule has 0 aromatic heterocycles. The van der Waals surface area contributed by atoms with Crippen LogP contribution in [0.3, 0.4) is 0 Å². The number of rotatable bonds is 6. The van der Waals surface area contributed by atoms with Crippen molar-refractivity contribution in [3.05, 3.63) is 58.9 Å². The number of hydrogen-bond acceptors (Lipinski definition) is 3. The van der Waals surface area contributed by atoms with E-state index >= 15 is 0 Å². The number of halogens is 4. The molecule has 0 unspecified atom stereocenters. The van der Waals surface area contributed by atoms with Crippen LogP contribution in [0, 0.1) is 12.7 Å². The Bertz CT molecular complexity index is 838. The van der Waals surface area contributed by atoms with Crippen molar-refractivity contribution in [2.24, 2.45) is 4.99 Å². The Morgan fingerprint density at radius 1 is 1.11 bits per heavy atom. The predicted molar refractivity (Wildman–Crippen MR) is 97.8 cm³/mol. The Morgan fingerprint density at radius 3 is 2.46 bits per heavy atom. The number of guanidine groups is 1. The third kappa shape index (κ3) is 6.64. The highest BCUT2D eigenvalue weighted by Crippen LogP contribution is 2.23. The number of aromatic hydroxyl groups is 1. The number of aliphatic imine (C=N–C) groups is 1. The van der Waals surface area contributed by atoms with Gasteiger partial charge in [0.1, 0.15) is 5.75 Å². The third-order valence-electron chi connectivity index (χ3n) is 3.76. The highest BCUT2D eigenvalue weighted by Gasteiger charge is 2.28. The van der Waals surface area contributed by atoms with Gasteiger partial charge in [0.25, 0.3) is 0 Å². The lowest BCUT2D eigenvalue weighted by Crippen LogP contribution is -2.36. The molecule has 152 valence electrons. The zero-order valence-corrected chi connectivity index (χ0v) is 15.4. The monoisotopic (exact) mass is 399 g/mol. The average Bonchev–Trinajstić information content (AvgIpc) is 2.63. The number of benzene rings is 2. The zero-order chi connectivity index (χ0) is 20.7. The van der Waals surface area contributed by atoms with E-state index in [0.29, 0.717) is 17.1 Å². The first kappa shape index (κ1) is 21.3. The van der Waals surface area contributed by atoms with Crippen LogP contribution in [0.5, 0.6) is 11.5 Å². The molecule has 0 aliphatic heterocycles. The summed E-state index contributed by atoms with van der Waals surface area (Å²) < 4.78 is 55.6. The van der Waals surface area contributed by atoms with Crippen LogP contribution in [0.15, 0.2) is 41.4 Å². The number of aryl methyl sites for hydroxylation is 1. The third-order valence-corrected chi connectivity index (χ3v) is 3.76. The van der Waals surface area contributed by atoms with Crippen molar-refractivity contribution < 1.29 is 27.4 Å². The van der Waals surface area contributed by atoms with E-state index in [0.717, 1.165) is 5.56 Å². The fourth-order valence-electron chi connectivity index (χ4n) is 2.35. The quantitative estimate of drug-likeness (QED) is 0.394. The predicted octanol–water partition coefficient (Wildman–Crippen LogP) is 3.65. The molecule has 2 rings (SSSR count). The zero-order valence-electron chi connectivity index (χ0n) is 15.4. The number of ether oxygens (including phenoxy) is 1. The Kier molecular flexibility index (Phi) is 7.08. The van der Waals surface area contributed by atoms with Crippen LogP contribution in [-0.2, 0) is 13.1 Å². The smallest absolute Gasteiger partial charge is 0.422 e. The van der Waals surface area contributed by atoms with E-state index in [1.54, 1.807) is 25.1 Å². The molecule has 9 heteroatoms. The number of hydrogen-bond donors (Lipinski definition) is 3. The van der Waals surface area contributed by atoms with Crippen molar-refractivity contribution in [2.75, 3.05) is 13.7 Å². The van der Waals surface area contributed by atoms with E-state index in [1.807, 2.05) is 0 Å². The Hall–Kier alpha value is -2.97. The lowest BCUT2D eigenvalue weighted by atomic mass is 10.1. The SMILES string of the molecule is CN=C(NCc1ccc(O)c(F)c1)NCc1ccc(C)cc1OCC(F)(F)F. The van der Waals surface area contributed by atoms with E-state index in [-0.39, 0.29) is 18.8 Å². The fourth-order valence-corrected chi connectivity index (χ4v) is 2.35. The molecule has 0 saturated carbocycles. The van der Waals surface area contributed by atoms with Gasteiger partial charge < -0.3 is 20.5 Å². The second-order valence-corrected chi connectivity index (χ2v) is 6.08. The van der Waals surface area contributed by atoms with Gasteiger partial charge in [-0.05, 0) is 36.2 Å². The molecule has 0 aliphatic carbocycles. The Balaban J connectivity index is 1.98. The summed E-state index contributed by atoms with van der Waals surface area (Å²) >= 11 is 0. The van der Waals surface area contributed by atoms with E-state index in [9.17, 15) is 22.7 Å². The molecule has 0 spiro atoms. The minimum absolute atomic E-state index is 0.140. The summed E-state index contributed by atoms with van der Waals surface area (Å²) in [5.74, 6) is -0.651. The van der Waals surface area contributed by atoms with Crippen molar-refractivity contribution in [1.29, 1.82) is 0 Å². The number of phenolic OH excluding ortho intramolecular Hbond substituents is 1. The summed E-state index contributed by atoms with van der Waals surface area (Å²) in [4.78, 5) is 4.02. The highest BCUT2D eigenvalue weighted by atomic mass is 19.4. The molecular formula is C19H21F4N3O2. The van der Waals surface area contributed by atoms with Crippen molar-refractivity contribution in [3.63, 3.8) is 0 Å². The van der Waals surface area contributed by atoms with E-state index in [1.165, 1.54) is 25.2 Å². The molecule has 3 N–H and O–H groups in total. The summed E-state index contributed by atoms with van der Waals surface area (Å²) in [5, 5.41) is 15.1. The maximum absolute atomic E-state index is 13.4. The molecule has 0 atom stereocenters. The molecule has 0 heterocycles. The summed E-state index contributed by atoms with van der Waals surface area (Å²) in [6.07, 6.45) is -4.43. The largest absolute Gasteiger partial charge is 0.505 e.